The molecule has 2 N–H and O–H groups in total. The van der Waals surface area contributed by atoms with Crippen molar-refractivity contribution in [1.29, 1.82) is 0 Å². The molecule has 0 radical (unpaired) electrons. The van der Waals surface area contributed by atoms with Crippen LogP contribution in [0.1, 0.15) is 46.0 Å². The molecule has 84 valence electrons. The largest absolute Gasteiger partial charge is 0.484 e. The summed E-state index contributed by atoms with van der Waals surface area (Å²) in [6, 6.07) is 0. The average Bonchev–Trinajstić information content (AvgIpc) is 2.26. The quantitative estimate of drug-likeness (QED) is 0.681. The highest BCUT2D eigenvalue weighted by Crippen LogP contribution is 2.27. The van der Waals surface area contributed by atoms with Crippen LogP contribution < -0.4 is 0 Å². The first-order valence-corrected chi connectivity index (χ1v) is 5.90. The maximum absolute atomic E-state index is 9.00. The van der Waals surface area contributed by atoms with Crippen molar-refractivity contribution in [3.63, 3.8) is 0 Å². The van der Waals surface area contributed by atoms with Crippen LogP contribution in [0.15, 0.2) is 23.2 Å². The van der Waals surface area contributed by atoms with Crippen LogP contribution in [0.25, 0.3) is 0 Å². The van der Waals surface area contributed by atoms with Gasteiger partial charge in [0.15, 0.2) is 0 Å². The van der Waals surface area contributed by atoms with Crippen LogP contribution in [0, 0.1) is 5.92 Å². The Labute approximate surface area is 92.8 Å². The van der Waals surface area contributed by atoms with E-state index in [1.807, 2.05) is 6.08 Å². The first kappa shape index (κ1) is 12.5. The van der Waals surface area contributed by atoms with Crippen LogP contribution in [0.2, 0.25) is 0 Å². The van der Waals surface area contributed by atoms with Gasteiger partial charge in [0, 0.05) is 0 Å². The van der Waals surface area contributed by atoms with Crippen molar-refractivity contribution in [3.05, 3.63) is 23.2 Å². The zero-order valence-electron chi connectivity index (χ0n) is 9.74. The number of hydrogen-bond acceptors (Lipinski definition) is 2. The van der Waals surface area contributed by atoms with Crippen LogP contribution in [0.4, 0.5) is 0 Å². The molecule has 1 aliphatic rings. The summed E-state index contributed by atoms with van der Waals surface area (Å²) in [5, 5.41) is 18.0. The van der Waals surface area contributed by atoms with Gasteiger partial charge in [-0.1, -0.05) is 44.4 Å². The highest BCUT2D eigenvalue weighted by molar-refractivity contribution is 6.50. The first-order valence-electron chi connectivity index (χ1n) is 5.90. The van der Waals surface area contributed by atoms with Gasteiger partial charge in [-0.25, -0.2) is 0 Å². The molecule has 0 spiro atoms. The van der Waals surface area contributed by atoms with E-state index in [0.717, 1.165) is 18.3 Å². The normalized spacial score (nSPS) is 18.1. The van der Waals surface area contributed by atoms with Gasteiger partial charge in [0.1, 0.15) is 0 Å². The minimum absolute atomic E-state index is 0.638. The summed E-state index contributed by atoms with van der Waals surface area (Å²) in [7, 11) is -1.27. The predicted molar refractivity (Wildman–Crippen MR) is 64.3 cm³/mol. The number of allylic oxidation sites excluding steroid dienone is 4. The van der Waals surface area contributed by atoms with Crippen molar-refractivity contribution >= 4 is 7.12 Å². The first-order chi connectivity index (χ1) is 7.15. The summed E-state index contributed by atoms with van der Waals surface area (Å²) in [6.07, 6.45) is 9.47. The molecule has 0 bridgehead atoms. The third kappa shape index (κ3) is 3.84. The van der Waals surface area contributed by atoms with Crippen LogP contribution in [-0.2, 0) is 0 Å². The van der Waals surface area contributed by atoms with E-state index in [0.29, 0.717) is 5.92 Å². The molecule has 15 heavy (non-hydrogen) atoms. The lowest BCUT2D eigenvalue weighted by Crippen LogP contribution is -2.17. The van der Waals surface area contributed by atoms with Crippen LogP contribution >= 0.6 is 0 Å². The Morgan fingerprint density at radius 1 is 1.33 bits per heavy atom. The van der Waals surface area contributed by atoms with Gasteiger partial charge in [0.2, 0.25) is 0 Å². The molecule has 0 saturated heterocycles. The molecule has 2 nitrogen and oxygen atoms in total. The summed E-state index contributed by atoms with van der Waals surface area (Å²) in [5.41, 5.74) is 2.19. The summed E-state index contributed by atoms with van der Waals surface area (Å²) >= 11 is 0. The molecule has 3 heteroatoms. The number of rotatable bonds is 5. The van der Waals surface area contributed by atoms with Crippen LogP contribution in [0.5, 0.6) is 0 Å². The third-order valence-electron chi connectivity index (χ3n) is 3.17. The van der Waals surface area contributed by atoms with Gasteiger partial charge in [-0.15, -0.1) is 0 Å². The van der Waals surface area contributed by atoms with E-state index >= 15 is 0 Å². The maximum atomic E-state index is 9.00. The van der Waals surface area contributed by atoms with E-state index in [9.17, 15) is 0 Å². The Kier molecular flexibility index (Phi) is 5.13. The highest BCUT2D eigenvalue weighted by atomic mass is 16.4. The zero-order chi connectivity index (χ0) is 11.3. The molecule has 0 aliphatic heterocycles. The topological polar surface area (TPSA) is 40.5 Å². The molecule has 0 aromatic rings. The van der Waals surface area contributed by atoms with E-state index < -0.39 is 7.12 Å². The zero-order valence-corrected chi connectivity index (χ0v) is 9.74. The van der Waals surface area contributed by atoms with Gasteiger partial charge >= 0.3 is 7.12 Å². The second-order valence-corrected chi connectivity index (χ2v) is 4.40. The molecule has 1 aliphatic carbocycles. The third-order valence-corrected chi connectivity index (χ3v) is 3.17. The second-order valence-electron chi connectivity index (χ2n) is 4.40. The van der Waals surface area contributed by atoms with E-state index in [1.54, 1.807) is 0 Å². The molecule has 0 aromatic heterocycles. The van der Waals surface area contributed by atoms with Gasteiger partial charge < -0.3 is 10.0 Å². The lowest BCUT2D eigenvalue weighted by atomic mass is 9.72. The summed E-state index contributed by atoms with van der Waals surface area (Å²) in [5.74, 6) is 0.638. The Balaban J connectivity index is 2.51. The van der Waals surface area contributed by atoms with E-state index in [-0.39, 0.29) is 0 Å². The van der Waals surface area contributed by atoms with E-state index in [4.69, 9.17) is 10.0 Å². The van der Waals surface area contributed by atoms with Gasteiger partial charge in [0.05, 0.1) is 0 Å². The summed E-state index contributed by atoms with van der Waals surface area (Å²) < 4.78 is 0. The van der Waals surface area contributed by atoms with Crippen molar-refractivity contribution in [2.24, 2.45) is 5.92 Å². The Bertz CT molecular complexity index is 256. The number of unbranched alkanes of at least 4 members (excludes halogenated alkanes) is 1. The molecule has 0 amide bonds. The molecule has 1 unspecified atom stereocenters. The van der Waals surface area contributed by atoms with Gasteiger partial charge in [-0.3, -0.25) is 0 Å². The van der Waals surface area contributed by atoms with Crippen molar-refractivity contribution in [2.45, 2.75) is 46.0 Å². The monoisotopic (exact) mass is 208 g/mol. The predicted octanol–water partition coefficient (Wildman–Crippen LogP) is 2.47. The van der Waals surface area contributed by atoms with E-state index in [2.05, 4.69) is 19.9 Å². The molecular formula is C12H21BO2. The molecule has 1 atom stereocenters. The fourth-order valence-corrected chi connectivity index (χ4v) is 1.99. The minimum atomic E-state index is -1.27. The maximum Gasteiger partial charge on any atom is 0.484 e. The fraction of sp³-hybridized carbons (Fsp3) is 0.667. The van der Waals surface area contributed by atoms with Gasteiger partial charge in [-0.2, -0.15) is 0 Å². The smallest absolute Gasteiger partial charge is 0.423 e. The Hall–Kier alpha value is -0.535. The lowest BCUT2D eigenvalue weighted by Gasteiger charge is -2.19. The average molecular weight is 208 g/mol. The molecule has 0 saturated carbocycles. The van der Waals surface area contributed by atoms with Crippen molar-refractivity contribution in [3.8, 4) is 0 Å². The molecular weight excluding hydrogens is 187 g/mol. The van der Waals surface area contributed by atoms with Crippen molar-refractivity contribution < 1.29 is 10.0 Å². The van der Waals surface area contributed by atoms with Crippen molar-refractivity contribution in [2.75, 3.05) is 0 Å². The summed E-state index contributed by atoms with van der Waals surface area (Å²) in [4.78, 5) is 0. The van der Waals surface area contributed by atoms with Crippen molar-refractivity contribution in [1.82, 2.24) is 0 Å². The standard InChI is InChI=1S/C12H21BO2/c1-3-4-5-10(2)11-6-8-12(9-7-11)13(14)15/h6,8,10,14-15H,3-5,7,9H2,1-2H3. The van der Waals surface area contributed by atoms with E-state index in [1.165, 1.54) is 24.8 Å². The van der Waals surface area contributed by atoms with Gasteiger partial charge in [-0.05, 0) is 30.7 Å². The molecule has 0 heterocycles. The Morgan fingerprint density at radius 3 is 2.53 bits per heavy atom. The molecule has 0 fully saturated rings. The minimum Gasteiger partial charge on any atom is -0.423 e. The SMILES string of the molecule is CCCCC(C)C1=CC=C(B(O)O)CC1. The second kappa shape index (κ2) is 6.14. The highest BCUT2D eigenvalue weighted by Gasteiger charge is 2.18. The fourth-order valence-electron chi connectivity index (χ4n) is 1.99. The number of hydrogen-bond donors (Lipinski definition) is 2. The molecule has 0 aromatic carbocycles. The van der Waals surface area contributed by atoms with Gasteiger partial charge in [0.25, 0.3) is 0 Å². The molecule has 1 rings (SSSR count). The Morgan fingerprint density at radius 2 is 2.07 bits per heavy atom. The lowest BCUT2D eigenvalue weighted by molar-refractivity contribution is 0.415. The summed E-state index contributed by atoms with van der Waals surface area (Å²) in [6.45, 7) is 4.47. The van der Waals surface area contributed by atoms with Crippen LogP contribution in [0.3, 0.4) is 0 Å². The van der Waals surface area contributed by atoms with Crippen LogP contribution in [-0.4, -0.2) is 17.2 Å².